The van der Waals surface area contributed by atoms with Gasteiger partial charge in [-0.25, -0.2) is 4.79 Å². The second-order valence-electron chi connectivity index (χ2n) is 5.00. The van der Waals surface area contributed by atoms with Crippen LogP contribution in [-0.4, -0.2) is 19.0 Å². The first-order chi connectivity index (χ1) is 11.5. The predicted molar refractivity (Wildman–Crippen MR) is 90.2 cm³/mol. The Labute approximate surface area is 140 Å². The lowest BCUT2D eigenvalue weighted by atomic mass is 10.0. The molecule has 0 spiro atoms. The fourth-order valence-corrected chi connectivity index (χ4v) is 2.04. The Bertz CT molecular complexity index is 747. The lowest BCUT2D eigenvalue weighted by Crippen LogP contribution is -2.07. The standard InChI is InChI=1S/C19H18O5/c1-4-22-18-11-16(23-12-20)9-10-17(18)14-5-7-15(8-6-14)24-19(21)13(2)3/h5-12H,2,4H2,1,3H3. The van der Waals surface area contributed by atoms with Crippen LogP contribution in [0, 0.1) is 0 Å². The zero-order valence-corrected chi connectivity index (χ0v) is 13.6. The van der Waals surface area contributed by atoms with Gasteiger partial charge >= 0.3 is 5.97 Å². The van der Waals surface area contributed by atoms with E-state index in [1.54, 1.807) is 37.3 Å². The lowest BCUT2D eigenvalue weighted by Gasteiger charge is -2.12. The number of ether oxygens (including phenoxy) is 3. The van der Waals surface area contributed by atoms with Crippen molar-refractivity contribution in [2.75, 3.05) is 6.61 Å². The third-order valence-electron chi connectivity index (χ3n) is 3.16. The van der Waals surface area contributed by atoms with Gasteiger partial charge in [0.25, 0.3) is 6.47 Å². The highest BCUT2D eigenvalue weighted by molar-refractivity contribution is 5.88. The molecule has 0 amide bonds. The van der Waals surface area contributed by atoms with Crippen molar-refractivity contribution in [1.82, 2.24) is 0 Å². The number of carbonyl (C=O) groups is 2. The highest BCUT2D eigenvalue weighted by Gasteiger charge is 2.10. The molecular weight excluding hydrogens is 308 g/mol. The van der Waals surface area contributed by atoms with Crippen molar-refractivity contribution >= 4 is 12.4 Å². The molecular formula is C19H18O5. The molecule has 0 saturated heterocycles. The number of hydrogen-bond donors (Lipinski definition) is 0. The van der Waals surface area contributed by atoms with Crippen LogP contribution < -0.4 is 14.2 Å². The van der Waals surface area contributed by atoms with Crippen LogP contribution in [0.2, 0.25) is 0 Å². The Kier molecular flexibility index (Phi) is 5.73. The van der Waals surface area contributed by atoms with Crippen LogP contribution in [-0.2, 0) is 9.59 Å². The summed E-state index contributed by atoms with van der Waals surface area (Å²) < 4.78 is 15.6. The topological polar surface area (TPSA) is 61.8 Å². The van der Waals surface area contributed by atoms with Crippen molar-refractivity contribution in [2.24, 2.45) is 0 Å². The zero-order chi connectivity index (χ0) is 17.5. The van der Waals surface area contributed by atoms with Crippen molar-refractivity contribution in [3.05, 3.63) is 54.6 Å². The van der Waals surface area contributed by atoms with Crippen LogP contribution in [0.4, 0.5) is 0 Å². The van der Waals surface area contributed by atoms with Gasteiger partial charge in [-0.3, -0.25) is 4.79 Å². The van der Waals surface area contributed by atoms with Gasteiger partial charge in [0.05, 0.1) is 6.61 Å². The summed E-state index contributed by atoms with van der Waals surface area (Å²) in [5.41, 5.74) is 2.06. The van der Waals surface area contributed by atoms with Gasteiger partial charge in [-0.2, -0.15) is 0 Å². The lowest BCUT2D eigenvalue weighted by molar-refractivity contribution is -0.130. The normalized spacial score (nSPS) is 9.92. The van der Waals surface area contributed by atoms with E-state index >= 15 is 0 Å². The molecule has 0 radical (unpaired) electrons. The summed E-state index contributed by atoms with van der Waals surface area (Å²) in [4.78, 5) is 22.0. The molecule has 0 unspecified atom stereocenters. The second kappa shape index (κ2) is 7.97. The summed E-state index contributed by atoms with van der Waals surface area (Å²) in [6.45, 7) is 7.86. The van der Waals surface area contributed by atoms with Gasteiger partial charge in [0.1, 0.15) is 17.2 Å². The number of rotatable bonds is 7. The van der Waals surface area contributed by atoms with Gasteiger partial charge in [-0.05, 0) is 43.7 Å². The van der Waals surface area contributed by atoms with E-state index in [0.29, 0.717) is 35.9 Å². The predicted octanol–water partition coefficient (Wildman–Crippen LogP) is 3.77. The summed E-state index contributed by atoms with van der Waals surface area (Å²) >= 11 is 0. The Morgan fingerprint density at radius 2 is 1.79 bits per heavy atom. The minimum atomic E-state index is -0.465. The first kappa shape index (κ1) is 17.3. The monoisotopic (exact) mass is 326 g/mol. The van der Waals surface area contributed by atoms with E-state index < -0.39 is 5.97 Å². The SMILES string of the molecule is C=C(C)C(=O)Oc1ccc(-c2ccc(OC=O)cc2OCC)cc1. The van der Waals surface area contributed by atoms with E-state index in [1.807, 2.05) is 19.1 Å². The van der Waals surface area contributed by atoms with Gasteiger partial charge in [0, 0.05) is 17.2 Å². The minimum absolute atomic E-state index is 0.337. The molecule has 0 aliphatic carbocycles. The second-order valence-corrected chi connectivity index (χ2v) is 5.00. The molecule has 0 saturated carbocycles. The average molecular weight is 326 g/mol. The maximum atomic E-state index is 11.5. The number of carbonyl (C=O) groups excluding carboxylic acids is 2. The molecule has 5 heteroatoms. The molecule has 0 aliphatic heterocycles. The Balaban J connectivity index is 2.28. The van der Waals surface area contributed by atoms with Crippen LogP contribution >= 0.6 is 0 Å². The molecule has 2 rings (SSSR count). The maximum absolute atomic E-state index is 11.5. The zero-order valence-electron chi connectivity index (χ0n) is 13.6. The van der Waals surface area contributed by atoms with E-state index in [-0.39, 0.29) is 0 Å². The van der Waals surface area contributed by atoms with Crippen molar-refractivity contribution in [3.63, 3.8) is 0 Å². The largest absolute Gasteiger partial charge is 0.493 e. The summed E-state index contributed by atoms with van der Waals surface area (Å²) in [5, 5.41) is 0. The van der Waals surface area contributed by atoms with Crippen molar-refractivity contribution in [3.8, 4) is 28.4 Å². The molecule has 0 heterocycles. The summed E-state index contributed by atoms with van der Waals surface area (Å²) in [6.07, 6.45) is 0. The van der Waals surface area contributed by atoms with Gasteiger partial charge in [0.2, 0.25) is 0 Å². The first-order valence-electron chi connectivity index (χ1n) is 7.40. The molecule has 0 atom stereocenters. The molecule has 5 nitrogen and oxygen atoms in total. The molecule has 0 aromatic heterocycles. The maximum Gasteiger partial charge on any atom is 0.338 e. The van der Waals surface area contributed by atoms with E-state index in [1.165, 1.54) is 0 Å². The van der Waals surface area contributed by atoms with Gasteiger partial charge in [-0.15, -0.1) is 0 Å². The fourth-order valence-electron chi connectivity index (χ4n) is 2.04. The molecule has 2 aromatic carbocycles. The third kappa shape index (κ3) is 4.23. The van der Waals surface area contributed by atoms with E-state index in [0.717, 1.165) is 11.1 Å². The van der Waals surface area contributed by atoms with Gasteiger partial charge < -0.3 is 14.2 Å². The highest BCUT2D eigenvalue weighted by Crippen LogP contribution is 2.34. The summed E-state index contributed by atoms with van der Waals surface area (Å²) in [6, 6.07) is 12.2. The Morgan fingerprint density at radius 1 is 1.12 bits per heavy atom. The molecule has 24 heavy (non-hydrogen) atoms. The highest BCUT2D eigenvalue weighted by atomic mass is 16.5. The first-order valence-corrected chi connectivity index (χ1v) is 7.40. The quantitative estimate of drug-likeness (QED) is 0.335. The van der Waals surface area contributed by atoms with E-state index in [9.17, 15) is 9.59 Å². The number of benzene rings is 2. The smallest absolute Gasteiger partial charge is 0.338 e. The average Bonchev–Trinajstić information content (AvgIpc) is 2.56. The van der Waals surface area contributed by atoms with Gasteiger partial charge in [-0.1, -0.05) is 18.7 Å². The fraction of sp³-hybridized carbons (Fsp3) is 0.158. The van der Waals surface area contributed by atoms with E-state index in [2.05, 4.69) is 6.58 Å². The summed E-state index contributed by atoms with van der Waals surface area (Å²) in [7, 11) is 0. The molecule has 0 bridgehead atoms. The molecule has 2 aromatic rings. The van der Waals surface area contributed by atoms with Gasteiger partial charge in [0.15, 0.2) is 0 Å². The van der Waals surface area contributed by atoms with Crippen LogP contribution in [0.25, 0.3) is 11.1 Å². The van der Waals surface area contributed by atoms with E-state index in [4.69, 9.17) is 14.2 Å². The molecule has 0 fully saturated rings. The van der Waals surface area contributed by atoms with Crippen molar-refractivity contribution in [2.45, 2.75) is 13.8 Å². The van der Waals surface area contributed by atoms with Crippen LogP contribution in [0.3, 0.4) is 0 Å². The Hall–Kier alpha value is -3.08. The molecule has 0 N–H and O–H groups in total. The number of hydrogen-bond acceptors (Lipinski definition) is 5. The van der Waals surface area contributed by atoms with Crippen molar-refractivity contribution < 1.29 is 23.8 Å². The molecule has 0 aliphatic rings. The summed E-state index contributed by atoms with van der Waals surface area (Å²) in [5.74, 6) is 0.978. The minimum Gasteiger partial charge on any atom is -0.493 e. The molecule has 124 valence electrons. The van der Waals surface area contributed by atoms with Crippen molar-refractivity contribution in [1.29, 1.82) is 0 Å². The van der Waals surface area contributed by atoms with Crippen LogP contribution in [0.5, 0.6) is 17.2 Å². The third-order valence-corrected chi connectivity index (χ3v) is 3.16. The number of esters is 1. The van der Waals surface area contributed by atoms with Crippen LogP contribution in [0.1, 0.15) is 13.8 Å². The Morgan fingerprint density at radius 3 is 2.38 bits per heavy atom. The van der Waals surface area contributed by atoms with Crippen LogP contribution in [0.15, 0.2) is 54.6 Å².